The molecule has 0 saturated carbocycles. The van der Waals surface area contributed by atoms with Crippen LogP contribution >= 0.6 is 12.2 Å². The highest BCUT2D eigenvalue weighted by atomic mass is 32.1. The smallest absolute Gasteiger partial charge is 0.254 e. The molecule has 2 N–H and O–H groups in total. The van der Waals surface area contributed by atoms with Gasteiger partial charge in [0.15, 0.2) is 11.5 Å². The molecule has 0 bridgehead atoms. The van der Waals surface area contributed by atoms with E-state index in [1.54, 1.807) is 25.2 Å². The largest absolute Gasteiger partial charge is 0.486 e. The lowest BCUT2D eigenvalue weighted by Crippen LogP contribution is -2.34. The number of carbonyl (C=O) groups is 1. The molecular formula is C12H14N2O3S. The molecule has 0 unspecified atom stereocenters. The molecule has 0 spiro atoms. The molecule has 0 saturated heterocycles. The van der Waals surface area contributed by atoms with E-state index in [4.69, 9.17) is 27.4 Å². The van der Waals surface area contributed by atoms with Crippen LogP contribution in [-0.2, 0) is 0 Å². The highest BCUT2D eigenvalue weighted by molar-refractivity contribution is 7.80. The predicted molar refractivity (Wildman–Crippen MR) is 71.2 cm³/mol. The standard InChI is InChI=1S/C12H14N2O3S/c1-14(7-11(13)18)12(15)8-2-3-9-10(6-8)17-5-4-16-9/h2-3,6H,4-5,7H2,1H3,(H2,13,18). The van der Waals surface area contributed by atoms with Gasteiger partial charge in [-0.2, -0.15) is 0 Å². The van der Waals surface area contributed by atoms with Crippen LogP contribution in [-0.4, -0.2) is 42.6 Å². The molecule has 1 aromatic carbocycles. The van der Waals surface area contributed by atoms with Crippen molar-refractivity contribution in [2.24, 2.45) is 5.73 Å². The molecule has 0 atom stereocenters. The summed E-state index contributed by atoms with van der Waals surface area (Å²) in [5.41, 5.74) is 5.94. The van der Waals surface area contributed by atoms with Crippen molar-refractivity contribution in [1.82, 2.24) is 4.90 Å². The molecule has 5 nitrogen and oxygen atoms in total. The Morgan fingerprint density at radius 1 is 1.39 bits per heavy atom. The average molecular weight is 266 g/mol. The van der Waals surface area contributed by atoms with Gasteiger partial charge in [0.1, 0.15) is 13.2 Å². The first-order valence-corrected chi connectivity index (χ1v) is 5.92. The molecule has 0 aromatic heterocycles. The van der Waals surface area contributed by atoms with E-state index in [1.165, 1.54) is 4.90 Å². The number of hydrogen-bond acceptors (Lipinski definition) is 4. The molecule has 0 fully saturated rings. The molecule has 1 aliphatic rings. The van der Waals surface area contributed by atoms with Crippen LogP contribution in [0.5, 0.6) is 11.5 Å². The zero-order valence-electron chi connectivity index (χ0n) is 10.0. The lowest BCUT2D eigenvalue weighted by atomic mass is 10.1. The third-order valence-electron chi connectivity index (χ3n) is 2.53. The molecule has 96 valence electrons. The second kappa shape index (κ2) is 5.22. The minimum atomic E-state index is -0.153. The van der Waals surface area contributed by atoms with Crippen molar-refractivity contribution in [3.8, 4) is 11.5 Å². The van der Waals surface area contributed by atoms with Crippen molar-refractivity contribution in [3.05, 3.63) is 23.8 Å². The summed E-state index contributed by atoms with van der Waals surface area (Å²) >= 11 is 4.78. The zero-order valence-corrected chi connectivity index (χ0v) is 10.8. The summed E-state index contributed by atoms with van der Waals surface area (Å²) in [4.78, 5) is 13.8. The monoisotopic (exact) mass is 266 g/mol. The van der Waals surface area contributed by atoms with Gasteiger partial charge in [0, 0.05) is 12.6 Å². The van der Waals surface area contributed by atoms with Crippen molar-refractivity contribution in [2.45, 2.75) is 0 Å². The minimum absolute atomic E-state index is 0.153. The Labute approximate surface area is 110 Å². The fourth-order valence-electron chi connectivity index (χ4n) is 1.70. The number of benzene rings is 1. The SMILES string of the molecule is CN(CC(N)=S)C(=O)c1ccc2c(c1)OCCO2. The Hall–Kier alpha value is -1.82. The number of ether oxygens (including phenoxy) is 2. The van der Waals surface area contributed by atoms with Gasteiger partial charge in [0.05, 0.1) is 11.5 Å². The maximum Gasteiger partial charge on any atom is 0.254 e. The number of thiocarbonyl (C=S) groups is 1. The maximum absolute atomic E-state index is 12.1. The number of hydrogen-bond donors (Lipinski definition) is 1. The number of fused-ring (bicyclic) bond motifs is 1. The van der Waals surface area contributed by atoms with Crippen LogP contribution in [0.2, 0.25) is 0 Å². The Morgan fingerprint density at radius 2 is 2.06 bits per heavy atom. The lowest BCUT2D eigenvalue weighted by Gasteiger charge is -2.20. The first kappa shape index (κ1) is 12.6. The predicted octanol–water partition coefficient (Wildman–Crippen LogP) is 0.816. The Kier molecular flexibility index (Phi) is 3.66. The highest BCUT2D eigenvalue weighted by Gasteiger charge is 2.17. The van der Waals surface area contributed by atoms with Gasteiger partial charge in [-0.3, -0.25) is 4.79 Å². The van der Waals surface area contributed by atoms with Crippen LogP contribution in [0, 0.1) is 0 Å². The third kappa shape index (κ3) is 2.70. The fraction of sp³-hybridized carbons (Fsp3) is 0.333. The van der Waals surface area contributed by atoms with Gasteiger partial charge >= 0.3 is 0 Å². The normalized spacial score (nSPS) is 12.9. The van der Waals surface area contributed by atoms with E-state index in [-0.39, 0.29) is 17.4 Å². The molecule has 18 heavy (non-hydrogen) atoms. The molecule has 1 aromatic rings. The van der Waals surface area contributed by atoms with Crippen molar-refractivity contribution in [2.75, 3.05) is 26.8 Å². The van der Waals surface area contributed by atoms with E-state index < -0.39 is 0 Å². The fourth-order valence-corrected chi connectivity index (χ4v) is 1.90. The molecule has 1 aliphatic heterocycles. The summed E-state index contributed by atoms with van der Waals surface area (Å²) < 4.78 is 10.8. The van der Waals surface area contributed by atoms with Crippen LogP contribution in [0.25, 0.3) is 0 Å². The van der Waals surface area contributed by atoms with E-state index in [2.05, 4.69) is 0 Å². The number of amides is 1. The van der Waals surface area contributed by atoms with Gasteiger partial charge < -0.3 is 20.1 Å². The maximum atomic E-state index is 12.1. The van der Waals surface area contributed by atoms with Crippen LogP contribution < -0.4 is 15.2 Å². The second-order valence-corrected chi connectivity index (χ2v) is 4.51. The molecular weight excluding hydrogens is 252 g/mol. The van der Waals surface area contributed by atoms with Gasteiger partial charge in [-0.1, -0.05) is 12.2 Å². The number of carbonyl (C=O) groups excluding carboxylic acids is 1. The third-order valence-corrected chi connectivity index (χ3v) is 2.66. The van der Waals surface area contributed by atoms with Gasteiger partial charge in [-0.05, 0) is 18.2 Å². The van der Waals surface area contributed by atoms with Crippen LogP contribution in [0.1, 0.15) is 10.4 Å². The zero-order chi connectivity index (χ0) is 13.1. The van der Waals surface area contributed by atoms with Crippen molar-refractivity contribution in [1.29, 1.82) is 0 Å². The first-order valence-electron chi connectivity index (χ1n) is 5.51. The summed E-state index contributed by atoms with van der Waals surface area (Å²) in [5.74, 6) is 1.10. The van der Waals surface area contributed by atoms with E-state index in [9.17, 15) is 4.79 Å². The highest BCUT2D eigenvalue weighted by Crippen LogP contribution is 2.30. The Balaban J connectivity index is 2.18. The molecule has 6 heteroatoms. The van der Waals surface area contributed by atoms with Crippen LogP contribution in [0.3, 0.4) is 0 Å². The topological polar surface area (TPSA) is 64.8 Å². The summed E-state index contributed by atoms with van der Waals surface area (Å²) in [6.45, 7) is 1.28. The van der Waals surface area contributed by atoms with Crippen molar-refractivity contribution in [3.63, 3.8) is 0 Å². The van der Waals surface area contributed by atoms with E-state index in [0.29, 0.717) is 30.3 Å². The average Bonchev–Trinajstić information content (AvgIpc) is 2.36. The molecule has 0 aliphatic carbocycles. The number of nitrogens with zero attached hydrogens (tertiary/aromatic N) is 1. The van der Waals surface area contributed by atoms with Crippen LogP contribution in [0.4, 0.5) is 0 Å². The first-order chi connectivity index (χ1) is 8.58. The lowest BCUT2D eigenvalue weighted by molar-refractivity contribution is 0.0814. The number of nitrogens with two attached hydrogens (primary N) is 1. The van der Waals surface area contributed by atoms with E-state index in [0.717, 1.165) is 0 Å². The van der Waals surface area contributed by atoms with E-state index in [1.807, 2.05) is 0 Å². The van der Waals surface area contributed by atoms with Gasteiger partial charge in [-0.15, -0.1) is 0 Å². The van der Waals surface area contributed by atoms with Gasteiger partial charge in [0.25, 0.3) is 5.91 Å². The van der Waals surface area contributed by atoms with E-state index >= 15 is 0 Å². The molecule has 1 heterocycles. The number of likely N-dealkylation sites (N-methyl/N-ethyl adjacent to an activating group) is 1. The quantitative estimate of drug-likeness (QED) is 0.820. The second-order valence-electron chi connectivity index (χ2n) is 3.99. The summed E-state index contributed by atoms with van der Waals surface area (Å²) in [6, 6.07) is 5.11. The van der Waals surface area contributed by atoms with Crippen molar-refractivity contribution < 1.29 is 14.3 Å². The minimum Gasteiger partial charge on any atom is -0.486 e. The molecule has 0 radical (unpaired) electrons. The van der Waals surface area contributed by atoms with Gasteiger partial charge in [0.2, 0.25) is 0 Å². The van der Waals surface area contributed by atoms with Gasteiger partial charge in [-0.25, -0.2) is 0 Å². The molecule has 1 amide bonds. The number of rotatable bonds is 3. The summed E-state index contributed by atoms with van der Waals surface area (Å²) in [6.07, 6.45) is 0. The molecule has 2 rings (SSSR count). The Morgan fingerprint density at radius 3 is 2.72 bits per heavy atom. The van der Waals surface area contributed by atoms with Crippen LogP contribution in [0.15, 0.2) is 18.2 Å². The van der Waals surface area contributed by atoms with Crippen molar-refractivity contribution >= 4 is 23.1 Å². The summed E-state index contributed by atoms with van der Waals surface area (Å²) in [5, 5.41) is 0. The summed E-state index contributed by atoms with van der Waals surface area (Å²) in [7, 11) is 1.65. The Bertz CT molecular complexity index is 490.